The van der Waals surface area contributed by atoms with Gasteiger partial charge in [0.1, 0.15) is 0 Å². The van der Waals surface area contributed by atoms with Gasteiger partial charge in [-0.15, -0.1) is 0 Å². The summed E-state index contributed by atoms with van der Waals surface area (Å²) in [7, 11) is 0. The van der Waals surface area contributed by atoms with Gasteiger partial charge in [0.2, 0.25) is 0 Å². The molecular weight excluding hydrogens is 278 g/mol. The molecule has 2 rings (SSSR count). The lowest BCUT2D eigenvalue weighted by atomic mass is 9.94. The van der Waals surface area contributed by atoms with Crippen molar-refractivity contribution in [1.29, 1.82) is 0 Å². The van der Waals surface area contributed by atoms with Gasteiger partial charge in [0.05, 0.1) is 6.04 Å². The summed E-state index contributed by atoms with van der Waals surface area (Å²) in [5, 5.41) is 4.45. The van der Waals surface area contributed by atoms with Crippen molar-refractivity contribution in [2.75, 3.05) is 6.54 Å². The highest BCUT2D eigenvalue weighted by molar-refractivity contribution is 6.30. The van der Waals surface area contributed by atoms with E-state index >= 15 is 0 Å². The molecule has 0 aliphatic heterocycles. The van der Waals surface area contributed by atoms with Crippen molar-refractivity contribution in [3.05, 3.63) is 69.2 Å². The minimum absolute atomic E-state index is 0.196. The normalized spacial score (nSPS) is 12.4. The quantitative estimate of drug-likeness (QED) is 0.784. The molecule has 0 aliphatic rings. The van der Waals surface area contributed by atoms with Crippen LogP contribution in [0.3, 0.4) is 0 Å². The maximum absolute atomic E-state index is 6.24. The van der Waals surface area contributed by atoms with Gasteiger partial charge in [-0.1, -0.05) is 42.8 Å². The van der Waals surface area contributed by atoms with Crippen molar-refractivity contribution in [1.82, 2.24) is 5.32 Å². The SMILES string of the molecule is CCCNC(c1cc(C)cc(Cl)c1)c1ccc(C)c(C)c1. The molecule has 1 nitrogen and oxygen atoms in total. The van der Waals surface area contributed by atoms with E-state index in [0.29, 0.717) is 0 Å². The molecule has 112 valence electrons. The van der Waals surface area contributed by atoms with Crippen LogP contribution in [0.25, 0.3) is 0 Å². The second-order valence-corrected chi connectivity index (χ2v) is 6.23. The highest BCUT2D eigenvalue weighted by atomic mass is 35.5. The van der Waals surface area contributed by atoms with Gasteiger partial charge in [-0.3, -0.25) is 0 Å². The van der Waals surface area contributed by atoms with Crippen molar-refractivity contribution >= 4 is 11.6 Å². The van der Waals surface area contributed by atoms with E-state index in [0.717, 1.165) is 18.0 Å². The lowest BCUT2D eigenvalue weighted by Gasteiger charge is -2.21. The molecular formula is C19H24ClN. The minimum Gasteiger partial charge on any atom is -0.306 e. The van der Waals surface area contributed by atoms with Crippen LogP contribution in [0.5, 0.6) is 0 Å². The monoisotopic (exact) mass is 301 g/mol. The van der Waals surface area contributed by atoms with Crippen LogP contribution in [0.4, 0.5) is 0 Å². The summed E-state index contributed by atoms with van der Waals surface area (Å²) in [5.41, 5.74) is 6.39. The second-order valence-electron chi connectivity index (χ2n) is 5.79. The molecule has 0 saturated carbocycles. The van der Waals surface area contributed by atoms with Crippen LogP contribution >= 0.6 is 11.6 Å². The zero-order valence-electron chi connectivity index (χ0n) is 13.3. The smallest absolute Gasteiger partial charge is 0.0577 e. The van der Waals surface area contributed by atoms with Crippen molar-refractivity contribution < 1.29 is 0 Å². The molecule has 0 radical (unpaired) electrons. The van der Waals surface area contributed by atoms with Crippen LogP contribution in [0.15, 0.2) is 36.4 Å². The number of aryl methyl sites for hydroxylation is 3. The van der Waals surface area contributed by atoms with Crippen LogP contribution in [0.1, 0.15) is 47.2 Å². The summed E-state index contributed by atoms with van der Waals surface area (Å²) in [4.78, 5) is 0. The standard InChI is InChI=1S/C19H24ClN/c1-5-8-21-19(16-7-6-14(3)15(4)11-16)17-9-13(2)10-18(20)12-17/h6-7,9-12,19,21H,5,8H2,1-4H3. The van der Waals surface area contributed by atoms with E-state index in [1.54, 1.807) is 0 Å². The van der Waals surface area contributed by atoms with E-state index in [2.05, 4.69) is 63.3 Å². The van der Waals surface area contributed by atoms with Gasteiger partial charge >= 0.3 is 0 Å². The second kappa shape index (κ2) is 7.11. The summed E-state index contributed by atoms with van der Waals surface area (Å²) < 4.78 is 0. The fraction of sp³-hybridized carbons (Fsp3) is 0.368. The van der Waals surface area contributed by atoms with E-state index in [1.807, 2.05) is 6.07 Å². The first-order valence-corrected chi connectivity index (χ1v) is 7.96. The first-order chi connectivity index (χ1) is 10.0. The van der Waals surface area contributed by atoms with Gasteiger partial charge in [-0.25, -0.2) is 0 Å². The number of benzene rings is 2. The molecule has 1 N–H and O–H groups in total. The van der Waals surface area contributed by atoms with E-state index < -0.39 is 0 Å². The third kappa shape index (κ3) is 4.09. The number of rotatable bonds is 5. The molecule has 0 spiro atoms. The molecule has 21 heavy (non-hydrogen) atoms. The first-order valence-electron chi connectivity index (χ1n) is 7.59. The van der Waals surface area contributed by atoms with Crippen LogP contribution in [0.2, 0.25) is 5.02 Å². The van der Waals surface area contributed by atoms with Crippen LogP contribution in [-0.2, 0) is 0 Å². The molecule has 2 aromatic carbocycles. The van der Waals surface area contributed by atoms with Crippen LogP contribution in [0, 0.1) is 20.8 Å². The maximum Gasteiger partial charge on any atom is 0.0577 e. The molecule has 0 saturated heterocycles. The fourth-order valence-corrected chi connectivity index (χ4v) is 2.89. The largest absolute Gasteiger partial charge is 0.306 e. The Labute approximate surface area is 133 Å². The molecule has 0 aliphatic carbocycles. The van der Waals surface area contributed by atoms with Gasteiger partial charge in [0, 0.05) is 5.02 Å². The molecule has 2 aromatic rings. The molecule has 1 unspecified atom stereocenters. The third-order valence-electron chi connectivity index (χ3n) is 3.86. The fourth-order valence-electron chi connectivity index (χ4n) is 2.59. The summed E-state index contributed by atoms with van der Waals surface area (Å²) >= 11 is 6.24. The van der Waals surface area contributed by atoms with Crippen molar-refractivity contribution in [3.63, 3.8) is 0 Å². The molecule has 0 bridgehead atoms. The lowest BCUT2D eigenvalue weighted by Crippen LogP contribution is -2.23. The first kappa shape index (κ1) is 16.1. The Morgan fingerprint density at radius 2 is 1.71 bits per heavy atom. The Balaban J connectivity index is 2.43. The zero-order chi connectivity index (χ0) is 15.4. The van der Waals surface area contributed by atoms with Crippen molar-refractivity contribution in [2.24, 2.45) is 0 Å². The molecule has 0 amide bonds. The topological polar surface area (TPSA) is 12.0 Å². The Hall–Kier alpha value is -1.31. The van der Waals surface area contributed by atoms with Crippen molar-refractivity contribution in [3.8, 4) is 0 Å². The third-order valence-corrected chi connectivity index (χ3v) is 4.08. The average molecular weight is 302 g/mol. The molecule has 0 fully saturated rings. The summed E-state index contributed by atoms with van der Waals surface area (Å²) in [5.74, 6) is 0. The Kier molecular flexibility index (Phi) is 5.44. The van der Waals surface area contributed by atoms with Gasteiger partial charge in [-0.05, 0) is 73.7 Å². The van der Waals surface area contributed by atoms with Crippen LogP contribution in [-0.4, -0.2) is 6.54 Å². The summed E-state index contributed by atoms with van der Waals surface area (Å²) in [6.07, 6.45) is 1.11. The predicted molar refractivity (Wildman–Crippen MR) is 92.2 cm³/mol. The Morgan fingerprint density at radius 3 is 2.33 bits per heavy atom. The predicted octanol–water partition coefficient (Wildman–Crippen LogP) is 5.35. The summed E-state index contributed by atoms with van der Waals surface area (Å²) in [6.45, 7) is 9.58. The summed E-state index contributed by atoms with van der Waals surface area (Å²) in [6, 6.07) is 13.2. The van der Waals surface area contributed by atoms with Gasteiger partial charge in [0.25, 0.3) is 0 Å². The zero-order valence-corrected chi connectivity index (χ0v) is 14.1. The minimum atomic E-state index is 0.196. The lowest BCUT2D eigenvalue weighted by molar-refractivity contribution is 0.598. The van der Waals surface area contributed by atoms with E-state index in [9.17, 15) is 0 Å². The number of hydrogen-bond acceptors (Lipinski definition) is 1. The highest BCUT2D eigenvalue weighted by Crippen LogP contribution is 2.27. The van der Waals surface area contributed by atoms with Gasteiger partial charge in [0.15, 0.2) is 0 Å². The van der Waals surface area contributed by atoms with E-state index in [-0.39, 0.29) is 6.04 Å². The van der Waals surface area contributed by atoms with Crippen molar-refractivity contribution in [2.45, 2.75) is 40.2 Å². The Bertz CT molecular complexity index is 599. The van der Waals surface area contributed by atoms with E-state index in [1.165, 1.54) is 27.8 Å². The molecule has 2 heteroatoms. The molecule has 0 aromatic heterocycles. The highest BCUT2D eigenvalue weighted by Gasteiger charge is 2.15. The maximum atomic E-state index is 6.24. The van der Waals surface area contributed by atoms with Gasteiger partial charge < -0.3 is 5.32 Å². The molecule has 0 heterocycles. The van der Waals surface area contributed by atoms with Gasteiger partial charge in [-0.2, -0.15) is 0 Å². The number of nitrogens with one attached hydrogen (secondary N) is 1. The number of halogens is 1. The molecule has 1 atom stereocenters. The Morgan fingerprint density at radius 1 is 0.952 bits per heavy atom. The van der Waals surface area contributed by atoms with E-state index in [4.69, 9.17) is 11.6 Å². The van der Waals surface area contributed by atoms with Crippen LogP contribution < -0.4 is 5.32 Å². The number of hydrogen-bond donors (Lipinski definition) is 1. The average Bonchev–Trinajstić information content (AvgIpc) is 2.42.